The summed E-state index contributed by atoms with van der Waals surface area (Å²) in [5.74, 6) is 0.475. The number of hydrogen-bond donors (Lipinski definition) is 2. The Morgan fingerprint density at radius 2 is 0.547 bits per heavy atom. The van der Waals surface area contributed by atoms with Gasteiger partial charge in [-0.3, -0.25) is 0 Å². The molecule has 0 atom stereocenters. The van der Waals surface area contributed by atoms with Crippen molar-refractivity contribution in [3.05, 3.63) is 275 Å². The molecule has 4 nitrogen and oxygen atoms in total. The summed E-state index contributed by atoms with van der Waals surface area (Å²) in [7, 11) is 0. The van der Waals surface area contributed by atoms with Crippen LogP contribution in [-0.2, 0) is 0 Å². The van der Waals surface area contributed by atoms with Gasteiger partial charge in [0.25, 0.3) is 0 Å². The maximum atomic E-state index is 10.0. The Morgan fingerprint density at radius 3 is 0.844 bits per heavy atom. The van der Waals surface area contributed by atoms with E-state index in [4.69, 9.17) is 0 Å². The highest BCUT2D eigenvalue weighted by atomic mass is 16.3. The summed E-state index contributed by atoms with van der Waals surface area (Å²) >= 11 is 0. The maximum Gasteiger partial charge on any atom is 0.115 e. The Hall–Kier alpha value is -8.34. The summed E-state index contributed by atoms with van der Waals surface area (Å²) in [5, 5.41) is 20.1. The number of nitrogens with zero attached hydrogens (tertiary/aromatic N) is 2. The van der Waals surface area contributed by atoms with Crippen LogP contribution in [0.25, 0.3) is 23.3 Å². The smallest absolute Gasteiger partial charge is 0.115 e. The fourth-order valence-corrected chi connectivity index (χ4v) is 7.99. The second-order valence-corrected chi connectivity index (χ2v) is 16.0. The number of aromatic hydroxyl groups is 2. The van der Waals surface area contributed by atoms with Crippen LogP contribution in [0.1, 0.15) is 44.5 Å². The lowest BCUT2D eigenvalue weighted by molar-refractivity contribution is 0.475. The molecule has 9 aromatic carbocycles. The molecule has 64 heavy (non-hydrogen) atoms. The zero-order chi connectivity index (χ0) is 43.8. The SMILES string of the molecule is Cc1ccc(N(c2ccc(O)cc2)c2ccc(C=C(c3ccccc3)c3ccc(C(=Cc4ccc(N(c5ccc(C)cc5)c5ccc(O)cc5)cc4)c4ccccc4)cc3)cc2)cc1. The zero-order valence-electron chi connectivity index (χ0n) is 35.9. The van der Waals surface area contributed by atoms with E-state index < -0.39 is 0 Å². The molecule has 0 radical (unpaired) electrons. The predicted octanol–water partition coefficient (Wildman–Crippen LogP) is 15.8. The Bertz CT molecular complexity index is 2690. The van der Waals surface area contributed by atoms with Crippen LogP contribution in [0.15, 0.2) is 231 Å². The molecule has 0 spiro atoms. The van der Waals surface area contributed by atoms with Crippen LogP contribution in [0.2, 0.25) is 0 Å². The van der Waals surface area contributed by atoms with Crippen molar-refractivity contribution in [3.8, 4) is 11.5 Å². The van der Waals surface area contributed by atoms with Gasteiger partial charge in [0, 0.05) is 34.1 Å². The Morgan fingerprint density at radius 1 is 0.297 bits per heavy atom. The van der Waals surface area contributed by atoms with Crippen LogP contribution in [0, 0.1) is 13.8 Å². The molecule has 0 saturated carbocycles. The summed E-state index contributed by atoms with van der Waals surface area (Å²) < 4.78 is 0. The van der Waals surface area contributed by atoms with Crippen LogP contribution >= 0.6 is 0 Å². The summed E-state index contributed by atoms with van der Waals surface area (Å²) in [6, 6.07) is 79.0. The molecule has 0 aliphatic heterocycles. The molecule has 0 bridgehead atoms. The molecule has 9 aromatic rings. The number of aryl methyl sites for hydroxylation is 2. The first-order valence-corrected chi connectivity index (χ1v) is 21.5. The van der Waals surface area contributed by atoms with Gasteiger partial charge in [0.05, 0.1) is 0 Å². The lowest BCUT2D eigenvalue weighted by Crippen LogP contribution is -2.09. The zero-order valence-corrected chi connectivity index (χ0v) is 35.9. The van der Waals surface area contributed by atoms with E-state index in [0.29, 0.717) is 0 Å². The van der Waals surface area contributed by atoms with E-state index in [0.717, 1.165) is 78.7 Å². The van der Waals surface area contributed by atoms with Crippen molar-refractivity contribution in [2.24, 2.45) is 0 Å². The first kappa shape index (κ1) is 41.0. The quantitative estimate of drug-likeness (QED) is 0.120. The molecule has 0 heterocycles. The Labute approximate surface area is 376 Å². The summed E-state index contributed by atoms with van der Waals surface area (Å²) in [6.07, 6.45) is 4.52. The highest BCUT2D eigenvalue weighted by molar-refractivity contribution is 5.95. The fraction of sp³-hybridized carbons (Fsp3) is 0.0333. The van der Waals surface area contributed by atoms with Crippen molar-refractivity contribution in [2.75, 3.05) is 9.80 Å². The first-order valence-electron chi connectivity index (χ1n) is 21.5. The topological polar surface area (TPSA) is 46.9 Å². The standard InChI is InChI=1S/C60H48N2O2/c1-43-13-25-51(26-14-43)61(55-33-37-57(63)38-34-55)53-29-17-45(18-30-53)41-59(47-9-5-3-6-10-47)49-21-23-50(24-22-49)60(48-11-7-4-8-12-48)42-46-19-31-54(32-20-46)62(52-27-15-44(2)16-28-52)56-35-39-58(64)40-36-56/h3-42,63-64H,1-2H3. The highest BCUT2D eigenvalue weighted by Gasteiger charge is 2.15. The van der Waals surface area contributed by atoms with Gasteiger partial charge in [-0.1, -0.05) is 145 Å². The van der Waals surface area contributed by atoms with Crippen LogP contribution in [0.4, 0.5) is 34.1 Å². The minimum atomic E-state index is 0.237. The normalized spacial score (nSPS) is 11.6. The van der Waals surface area contributed by atoms with Crippen molar-refractivity contribution in [2.45, 2.75) is 13.8 Å². The minimum absolute atomic E-state index is 0.237. The molecule has 310 valence electrons. The van der Waals surface area contributed by atoms with E-state index in [9.17, 15) is 10.2 Å². The first-order chi connectivity index (χ1) is 31.3. The molecular formula is C60H48N2O2. The maximum absolute atomic E-state index is 10.0. The Balaban J connectivity index is 1.04. The molecule has 0 unspecified atom stereocenters. The van der Waals surface area contributed by atoms with Crippen LogP contribution < -0.4 is 9.80 Å². The number of phenolic OH excluding ortho intramolecular Hbond substituents is 2. The van der Waals surface area contributed by atoms with E-state index in [2.05, 4.69) is 218 Å². The van der Waals surface area contributed by atoms with Gasteiger partial charge < -0.3 is 20.0 Å². The second kappa shape index (κ2) is 18.7. The summed E-state index contributed by atoms with van der Waals surface area (Å²) in [4.78, 5) is 4.40. The molecule has 0 fully saturated rings. The minimum Gasteiger partial charge on any atom is -0.508 e. The van der Waals surface area contributed by atoms with Gasteiger partial charge in [0.15, 0.2) is 0 Å². The third-order valence-electron chi connectivity index (χ3n) is 11.4. The number of benzene rings is 9. The third kappa shape index (κ3) is 9.42. The third-order valence-corrected chi connectivity index (χ3v) is 11.4. The van der Waals surface area contributed by atoms with Gasteiger partial charge in [-0.05, 0) is 168 Å². The van der Waals surface area contributed by atoms with E-state index >= 15 is 0 Å². The molecule has 4 heteroatoms. The number of hydrogen-bond acceptors (Lipinski definition) is 4. The molecule has 0 aliphatic carbocycles. The van der Waals surface area contributed by atoms with Crippen LogP contribution in [-0.4, -0.2) is 10.2 Å². The van der Waals surface area contributed by atoms with Gasteiger partial charge in [0.2, 0.25) is 0 Å². The highest BCUT2D eigenvalue weighted by Crippen LogP contribution is 2.38. The lowest BCUT2D eigenvalue weighted by atomic mass is 9.91. The molecule has 0 aromatic heterocycles. The lowest BCUT2D eigenvalue weighted by Gasteiger charge is -2.25. The molecular weight excluding hydrogens is 781 g/mol. The fourth-order valence-electron chi connectivity index (χ4n) is 7.99. The van der Waals surface area contributed by atoms with Crippen molar-refractivity contribution in [3.63, 3.8) is 0 Å². The van der Waals surface area contributed by atoms with Crippen molar-refractivity contribution in [1.82, 2.24) is 0 Å². The van der Waals surface area contributed by atoms with Gasteiger partial charge in [0.1, 0.15) is 11.5 Å². The predicted molar refractivity (Wildman–Crippen MR) is 268 cm³/mol. The number of anilines is 6. The van der Waals surface area contributed by atoms with Crippen LogP contribution in [0.5, 0.6) is 11.5 Å². The monoisotopic (exact) mass is 828 g/mol. The summed E-state index contributed by atoms with van der Waals surface area (Å²) in [5.41, 5.74) is 17.4. The molecule has 2 N–H and O–H groups in total. The van der Waals surface area contributed by atoms with Gasteiger partial charge in [-0.15, -0.1) is 0 Å². The molecule has 9 rings (SSSR count). The molecule has 0 amide bonds. The van der Waals surface area contributed by atoms with E-state index in [1.165, 1.54) is 11.1 Å². The second-order valence-electron chi connectivity index (χ2n) is 16.0. The van der Waals surface area contributed by atoms with Gasteiger partial charge in [-0.2, -0.15) is 0 Å². The average Bonchev–Trinajstić information content (AvgIpc) is 3.34. The van der Waals surface area contributed by atoms with Crippen molar-refractivity contribution < 1.29 is 10.2 Å². The largest absolute Gasteiger partial charge is 0.508 e. The molecule has 0 aliphatic rings. The summed E-state index contributed by atoms with van der Waals surface area (Å²) in [6.45, 7) is 4.18. The van der Waals surface area contributed by atoms with Crippen molar-refractivity contribution >= 4 is 57.4 Å². The number of phenols is 2. The van der Waals surface area contributed by atoms with Crippen LogP contribution in [0.3, 0.4) is 0 Å². The number of rotatable bonds is 12. The van der Waals surface area contributed by atoms with Gasteiger partial charge >= 0.3 is 0 Å². The van der Waals surface area contributed by atoms with E-state index in [-0.39, 0.29) is 11.5 Å². The van der Waals surface area contributed by atoms with E-state index in [1.54, 1.807) is 24.3 Å². The molecule has 0 saturated heterocycles. The average molecular weight is 829 g/mol. The van der Waals surface area contributed by atoms with Crippen molar-refractivity contribution in [1.29, 1.82) is 0 Å². The van der Waals surface area contributed by atoms with E-state index in [1.807, 2.05) is 24.3 Å². The van der Waals surface area contributed by atoms with Gasteiger partial charge in [-0.25, -0.2) is 0 Å². The Kier molecular flexibility index (Phi) is 12.0.